The second kappa shape index (κ2) is 6.23. The fourth-order valence-electron chi connectivity index (χ4n) is 0.558. The maximum absolute atomic E-state index is 10.3. The van der Waals surface area contributed by atoms with Crippen molar-refractivity contribution in [3.8, 4) is 0 Å². The monoisotopic (exact) mass is 228 g/mol. The summed E-state index contributed by atoms with van der Waals surface area (Å²) in [6.45, 7) is 0. The molecule has 0 spiro atoms. The number of nitrogens with two attached hydrogens (primary N) is 1. The van der Waals surface area contributed by atoms with E-state index in [0.717, 1.165) is 18.2 Å². The third-order valence-corrected chi connectivity index (χ3v) is 2.55. The van der Waals surface area contributed by atoms with Crippen molar-refractivity contribution in [2.45, 2.75) is 25.0 Å². The van der Waals surface area contributed by atoms with Crippen LogP contribution in [-0.4, -0.2) is 16.0 Å². The van der Waals surface area contributed by atoms with Gasteiger partial charge in [0, 0.05) is 11.8 Å². The molecule has 0 saturated heterocycles. The van der Waals surface area contributed by atoms with E-state index in [1.807, 2.05) is 0 Å². The topological polar surface area (TPSA) is 63.3 Å². The van der Waals surface area contributed by atoms with Gasteiger partial charge in [0.2, 0.25) is 5.78 Å². The predicted molar refractivity (Wildman–Crippen MR) is 45.4 cm³/mol. The van der Waals surface area contributed by atoms with Crippen LogP contribution in [0.3, 0.4) is 0 Å². The van der Waals surface area contributed by atoms with Crippen molar-refractivity contribution >= 4 is 24.0 Å². The van der Waals surface area contributed by atoms with Crippen molar-refractivity contribution in [2.24, 2.45) is 5.73 Å². The molecule has 3 N–H and O–H groups in total. The normalized spacial score (nSPS) is 14.9. The van der Waals surface area contributed by atoms with Crippen molar-refractivity contribution < 1.29 is 9.46 Å². The van der Waals surface area contributed by atoms with E-state index < -0.39 is 13.8 Å². The molecule has 0 rings (SSSR count). The average molecular weight is 229 g/mol. The van der Waals surface area contributed by atoms with Gasteiger partial charge in [-0.25, -0.2) is 0 Å². The quantitative estimate of drug-likeness (QED) is 0.427. The van der Waals surface area contributed by atoms with Crippen LogP contribution < -0.4 is 5.73 Å². The van der Waals surface area contributed by atoms with E-state index in [0.29, 0.717) is 6.42 Å². The number of alkyl halides is 1. The Balaban J connectivity index is 3.21. The SMILES string of the molecule is NC(CCCCBr)[P+](=O)O. The summed E-state index contributed by atoms with van der Waals surface area (Å²) in [6, 6.07) is 0. The van der Waals surface area contributed by atoms with E-state index in [-0.39, 0.29) is 0 Å². The summed E-state index contributed by atoms with van der Waals surface area (Å²) in [6.07, 6.45) is 2.56. The van der Waals surface area contributed by atoms with Crippen LogP contribution >= 0.6 is 24.0 Å². The molecule has 0 radical (unpaired) electrons. The number of hydrogen-bond acceptors (Lipinski definition) is 2. The first-order valence-electron chi connectivity index (χ1n) is 3.15. The van der Waals surface area contributed by atoms with Crippen molar-refractivity contribution in [1.29, 1.82) is 0 Å². The van der Waals surface area contributed by atoms with E-state index in [2.05, 4.69) is 15.9 Å². The van der Waals surface area contributed by atoms with E-state index >= 15 is 0 Å². The van der Waals surface area contributed by atoms with E-state index in [1.165, 1.54) is 0 Å². The average Bonchev–Trinajstić information content (AvgIpc) is 1.88. The molecule has 0 amide bonds. The summed E-state index contributed by atoms with van der Waals surface area (Å²) in [4.78, 5) is 8.49. The number of halogens is 1. The molecule has 0 heterocycles. The number of rotatable bonds is 5. The molecular weight excluding hydrogens is 217 g/mol. The molecule has 0 aromatic carbocycles. The molecule has 10 heavy (non-hydrogen) atoms. The Morgan fingerprint density at radius 2 is 2.20 bits per heavy atom. The maximum atomic E-state index is 10.3. The van der Waals surface area contributed by atoms with Crippen LogP contribution in [0.25, 0.3) is 0 Å². The highest BCUT2D eigenvalue weighted by molar-refractivity contribution is 9.09. The molecule has 3 nitrogen and oxygen atoms in total. The lowest BCUT2D eigenvalue weighted by Gasteiger charge is -1.95. The third kappa shape index (κ3) is 5.30. The Bertz CT molecular complexity index is 112. The van der Waals surface area contributed by atoms with Gasteiger partial charge < -0.3 is 0 Å². The van der Waals surface area contributed by atoms with Crippen LogP contribution in [0.5, 0.6) is 0 Å². The van der Waals surface area contributed by atoms with E-state index in [9.17, 15) is 4.57 Å². The Kier molecular flexibility index (Phi) is 6.54. The van der Waals surface area contributed by atoms with Gasteiger partial charge in [-0.2, -0.15) is 4.89 Å². The summed E-state index contributed by atoms with van der Waals surface area (Å²) < 4.78 is 10.3. The van der Waals surface area contributed by atoms with Crippen LogP contribution in [0.1, 0.15) is 19.3 Å². The molecule has 0 aromatic heterocycles. The smallest absolute Gasteiger partial charge is 0.285 e. The summed E-state index contributed by atoms with van der Waals surface area (Å²) in [5.41, 5.74) is 5.31. The van der Waals surface area contributed by atoms with Gasteiger partial charge in [-0.05, 0) is 17.4 Å². The Morgan fingerprint density at radius 1 is 1.60 bits per heavy atom. The summed E-state index contributed by atoms with van der Waals surface area (Å²) >= 11 is 3.26. The summed E-state index contributed by atoms with van der Waals surface area (Å²) in [5.74, 6) is -0.533. The van der Waals surface area contributed by atoms with Gasteiger partial charge >= 0.3 is 8.03 Å². The Morgan fingerprint density at radius 3 is 2.60 bits per heavy atom. The first-order chi connectivity index (χ1) is 4.68. The van der Waals surface area contributed by atoms with Crippen LogP contribution in [0.2, 0.25) is 0 Å². The van der Waals surface area contributed by atoms with Crippen LogP contribution in [0.4, 0.5) is 0 Å². The lowest BCUT2D eigenvalue weighted by Crippen LogP contribution is -2.14. The fourth-order valence-corrected chi connectivity index (χ4v) is 1.36. The highest BCUT2D eigenvalue weighted by atomic mass is 79.9. The number of unbranched alkanes of at least 4 members (excludes halogenated alkanes) is 1. The van der Waals surface area contributed by atoms with Gasteiger partial charge in [0.05, 0.1) is 0 Å². The first kappa shape index (κ1) is 10.5. The molecule has 2 atom stereocenters. The predicted octanol–water partition coefficient (Wildman–Crippen LogP) is 1.57. The van der Waals surface area contributed by atoms with Crippen LogP contribution in [-0.2, 0) is 4.57 Å². The van der Waals surface area contributed by atoms with Gasteiger partial charge in [0.25, 0.3) is 0 Å². The van der Waals surface area contributed by atoms with Crippen molar-refractivity contribution in [3.63, 3.8) is 0 Å². The molecule has 0 aliphatic rings. The summed E-state index contributed by atoms with van der Waals surface area (Å²) in [5, 5.41) is 0.932. The zero-order valence-corrected chi connectivity index (χ0v) is 8.14. The van der Waals surface area contributed by atoms with Gasteiger partial charge in [-0.1, -0.05) is 15.9 Å². The highest BCUT2D eigenvalue weighted by Crippen LogP contribution is 2.21. The minimum Gasteiger partial charge on any atom is -0.285 e. The maximum Gasteiger partial charge on any atom is 0.524 e. The van der Waals surface area contributed by atoms with Crippen LogP contribution in [0, 0.1) is 0 Å². The summed E-state index contributed by atoms with van der Waals surface area (Å²) in [7, 11) is -2.17. The van der Waals surface area contributed by atoms with E-state index in [4.69, 9.17) is 10.6 Å². The third-order valence-electron chi connectivity index (χ3n) is 1.17. The molecule has 0 bridgehead atoms. The number of hydrogen-bond donors (Lipinski definition) is 2. The highest BCUT2D eigenvalue weighted by Gasteiger charge is 2.22. The Labute approximate surface area is 70.0 Å². The largest absolute Gasteiger partial charge is 0.524 e. The van der Waals surface area contributed by atoms with E-state index in [1.54, 1.807) is 0 Å². The van der Waals surface area contributed by atoms with Crippen molar-refractivity contribution in [2.75, 3.05) is 5.33 Å². The van der Waals surface area contributed by atoms with Crippen LogP contribution in [0.15, 0.2) is 0 Å². The molecule has 0 aliphatic heterocycles. The molecule has 0 saturated carbocycles. The van der Waals surface area contributed by atoms with Gasteiger partial charge in [-0.15, -0.1) is 0 Å². The Hall–Kier alpha value is 0.500. The van der Waals surface area contributed by atoms with Gasteiger partial charge in [-0.3, -0.25) is 5.73 Å². The lowest BCUT2D eigenvalue weighted by atomic mass is 10.2. The molecule has 0 aromatic rings. The molecule has 5 heteroatoms. The second-order valence-electron chi connectivity index (χ2n) is 2.05. The van der Waals surface area contributed by atoms with Crippen molar-refractivity contribution in [1.82, 2.24) is 0 Å². The van der Waals surface area contributed by atoms with Gasteiger partial charge in [0.1, 0.15) is 0 Å². The van der Waals surface area contributed by atoms with Crippen molar-refractivity contribution in [3.05, 3.63) is 0 Å². The standard InChI is InChI=1S/C5H11BrNO2P/c6-4-2-1-3-5(7)10(8)9/h5H,1-4,7H2/p+1. The fraction of sp³-hybridized carbons (Fsp3) is 1.00. The molecule has 0 fully saturated rings. The first-order valence-corrected chi connectivity index (χ1v) is 5.55. The molecular formula is C5H12BrNO2P+. The minimum absolute atomic E-state index is 0.533. The molecule has 60 valence electrons. The molecule has 2 unspecified atom stereocenters. The lowest BCUT2D eigenvalue weighted by molar-refractivity contribution is 0.482. The van der Waals surface area contributed by atoms with Gasteiger partial charge in [0.15, 0.2) is 0 Å². The zero-order valence-electron chi connectivity index (χ0n) is 5.66. The molecule has 0 aliphatic carbocycles. The minimum atomic E-state index is -2.17. The second-order valence-corrected chi connectivity index (χ2v) is 4.12. The zero-order chi connectivity index (χ0) is 7.98.